The van der Waals surface area contributed by atoms with Gasteiger partial charge in [-0.25, -0.2) is 9.18 Å². The molecule has 1 aromatic heterocycles. The number of carbonyl (C=O) groups is 1. The fraction of sp³-hybridized carbons (Fsp3) is 0.500. The van der Waals surface area contributed by atoms with Gasteiger partial charge in [-0.15, -0.1) is 0 Å². The lowest BCUT2D eigenvalue weighted by Crippen LogP contribution is -2.39. The van der Waals surface area contributed by atoms with Gasteiger partial charge in [-0.2, -0.15) is 0 Å². The summed E-state index contributed by atoms with van der Waals surface area (Å²) < 4.78 is 19.2. The van der Waals surface area contributed by atoms with Gasteiger partial charge in [0.25, 0.3) is 0 Å². The van der Waals surface area contributed by atoms with Crippen LogP contribution in [-0.2, 0) is 4.74 Å². The summed E-state index contributed by atoms with van der Waals surface area (Å²) >= 11 is 0. The van der Waals surface area contributed by atoms with E-state index in [0.29, 0.717) is 25.2 Å². The van der Waals surface area contributed by atoms with Gasteiger partial charge < -0.3 is 9.64 Å². The Hall–Kier alpha value is -1.91. The molecular weight excluding hydrogens is 271 g/mol. The van der Waals surface area contributed by atoms with E-state index in [1.807, 2.05) is 26.8 Å². The third-order valence-electron chi connectivity index (χ3n) is 3.14. The minimum absolute atomic E-state index is 0.313. The molecule has 0 aromatic carbocycles. The molecule has 0 aliphatic carbocycles. The Morgan fingerprint density at radius 3 is 2.67 bits per heavy atom. The summed E-state index contributed by atoms with van der Waals surface area (Å²) in [4.78, 5) is 17.7. The molecule has 0 bridgehead atoms. The average Bonchev–Trinajstić information content (AvgIpc) is 2.37. The van der Waals surface area contributed by atoms with Crippen LogP contribution < -0.4 is 0 Å². The van der Waals surface area contributed by atoms with E-state index in [1.54, 1.807) is 18.0 Å². The topological polar surface area (TPSA) is 42.4 Å². The molecule has 1 amide bonds. The van der Waals surface area contributed by atoms with Gasteiger partial charge in [0.1, 0.15) is 17.1 Å². The van der Waals surface area contributed by atoms with Gasteiger partial charge in [-0.1, -0.05) is 6.08 Å². The smallest absolute Gasteiger partial charge is 0.410 e. The summed E-state index contributed by atoms with van der Waals surface area (Å²) in [6.07, 6.45) is 3.73. The predicted octanol–water partition coefficient (Wildman–Crippen LogP) is 3.55. The van der Waals surface area contributed by atoms with Gasteiger partial charge in [0.15, 0.2) is 0 Å². The van der Waals surface area contributed by atoms with Gasteiger partial charge in [-0.3, -0.25) is 4.98 Å². The Bertz CT molecular complexity index is 576. The van der Waals surface area contributed by atoms with Crippen molar-refractivity contribution < 1.29 is 13.9 Å². The van der Waals surface area contributed by atoms with Crippen LogP contribution in [0.15, 0.2) is 18.3 Å². The number of nitrogens with zero attached hydrogens (tertiary/aromatic N) is 2. The fourth-order valence-electron chi connectivity index (χ4n) is 2.15. The molecule has 0 radical (unpaired) electrons. The summed E-state index contributed by atoms with van der Waals surface area (Å²) in [5.74, 6) is -0.313. The minimum atomic E-state index is -0.508. The molecule has 0 saturated carbocycles. The van der Waals surface area contributed by atoms with E-state index in [9.17, 15) is 9.18 Å². The summed E-state index contributed by atoms with van der Waals surface area (Å²) in [7, 11) is 0. The van der Waals surface area contributed by atoms with Gasteiger partial charge in [-0.05, 0) is 51.3 Å². The monoisotopic (exact) mass is 292 g/mol. The lowest BCUT2D eigenvalue weighted by Gasteiger charge is -2.29. The Balaban J connectivity index is 2.07. The van der Waals surface area contributed by atoms with Crippen LogP contribution in [0.25, 0.3) is 5.57 Å². The largest absolute Gasteiger partial charge is 0.444 e. The lowest BCUT2D eigenvalue weighted by atomic mass is 10.0. The van der Waals surface area contributed by atoms with Crippen molar-refractivity contribution in [3.63, 3.8) is 0 Å². The van der Waals surface area contributed by atoms with Crippen LogP contribution in [0.1, 0.15) is 38.4 Å². The average molecular weight is 292 g/mol. The Labute approximate surface area is 124 Å². The highest BCUT2D eigenvalue weighted by atomic mass is 19.1. The second-order valence-corrected chi connectivity index (χ2v) is 6.25. The fourth-order valence-corrected chi connectivity index (χ4v) is 2.15. The quantitative estimate of drug-likeness (QED) is 0.795. The molecule has 0 N–H and O–H groups in total. The molecule has 1 aromatic rings. The summed E-state index contributed by atoms with van der Waals surface area (Å²) in [6, 6.07) is 1.48. The summed E-state index contributed by atoms with van der Waals surface area (Å²) in [6.45, 7) is 8.24. The molecule has 2 heterocycles. The molecule has 0 spiro atoms. The maximum absolute atomic E-state index is 13.9. The Morgan fingerprint density at radius 1 is 1.43 bits per heavy atom. The molecule has 1 aliphatic rings. The zero-order chi connectivity index (χ0) is 15.6. The Kier molecular flexibility index (Phi) is 4.30. The van der Waals surface area contributed by atoms with Crippen molar-refractivity contribution in [2.75, 3.05) is 13.1 Å². The van der Waals surface area contributed by atoms with Crippen molar-refractivity contribution in [1.82, 2.24) is 9.88 Å². The number of hydrogen-bond acceptors (Lipinski definition) is 3. The number of pyridine rings is 1. The van der Waals surface area contributed by atoms with Gasteiger partial charge >= 0.3 is 6.09 Å². The van der Waals surface area contributed by atoms with E-state index in [2.05, 4.69) is 4.98 Å². The lowest BCUT2D eigenvalue weighted by molar-refractivity contribution is 0.0270. The maximum Gasteiger partial charge on any atom is 0.410 e. The SMILES string of the molecule is Cc1cnc(C2=CCN(C(=O)OC(C)(C)C)CC2)c(F)c1. The number of ether oxygens (including phenoxy) is 1. The van der Waals surface area contributed by atoms with Crippen molar-refractivity contribution in [1.29, 1.82) is 0 Å². The van der Waals surface area contributed by atoms with Crippen molar-refractivity contribution in [2.45, 2.75) is 39.7 Å². The first kappa shape index (κ1) is 15.5. The molecule has 0 unspecified atom stereocenters. The number of hydrogen-bond donors (Lipinski definition) is 0. The van der Waals surface area contributed by atoms with Crippen LogP contribution in [0.3, 0.4) is 0 Å². The van der Waals surface area contributed by atoms with Gasteiger partial charge in [0, 0.05) is 19.3 Å². The van der Waals surface area contributed by atoms with Gasteiger partial charge in [0.2, 0.25) is 0 Å². The Morgan fingerprint density at radius 2 is 2.14 bits per heavy atom. The van der Waals surface area contributed by atoms with E-state index in [4.69, 9.17) is 4.74 Å². The van der Waals surface area contributed by atoms with Crippen molar-refractivity contribution in [3.05, 3.63) is 35.4 Å². The van der Waals surface area contributed by atoms with E-state index >= 15 is 0 Å². The standard InChI is InChI=1S/C16H21FN2O2/c1-11-9-13(17)14(18-10-11)12-5-7-19(8-6-12)15(20)21-16(2,3)4/h5,9-10H,6-8H2,1-4H3. The molecule has 2 rings (SSSR count). The molecule has 5 heteroatoms. The highest BCUT2D eigenvalue weighted by Gasteiger charge is 2.24. The zero-order valence-electron chi connectivity index (χ0n) is 12.9. The first-order valence-corrected chi connectivity index (χ1v) is 7.06. The summed E-state index contributed by atoms with van der Waals surface area (Å²) in [5, 5.41) is 0. The second-order valence-electron chi connectivity index (χ2n) is 6.25. The number of carbonyl (C=O) groups excluding carboxylic acids is 1. The van der Waals surface area contributed by atoms with Crippen LogP contribution in [0.2, 0.25) is 0 Å². The van der Waals surface area contributed by atoms with Gasteiger partial charge in [0.05, 0.1) is 0 Å². The highest BCUT2D eigenvalue weighted by molar-refractivity contribution is 5.72. The number of halogens is 1. The number of aryl methyl sites for hydroxylation is 1. The maximum atomic E-state index is 13.9. The first-order chi connectivity index (χ1) is 9.76. The predicted molar refractivity (Wildman–Crippen MR) is 79.3 cm³/mol. The van der Waals surface area contributed by atoms with Crippen LogP contribution in [0.4, 0.5) is 9.18 Å². The number of rotatable bonds is 1. The van der Waals surface area contributed by atoms with E-state index in [0.717, 1.165) is 11.1 Å². The van der Waals surface area contributed by atoms with E-state index in [1.165, 1.54) is 6.07 Å². The van der Waals surface area contributed by atoms with Crippen LogP contribution in [-0.4, -0.2) is 34.7 Å². The third kappa shape index (κ3) is 4.03. The van der Waals surface area contributed by atoms with E-state index < -0.39 is 5.60 Å². The van der Waals surface area contributed by atoms with Crippen LogP contribution in [0.5, 0.6) is 0 Å². The van der Waals surface area contributed by atoms with Crippen LogP contribution >= 0.6 is 0 Å². The van der Waals surface area contributed by atoms with Crippen molar-refractivity contribution in [2.24, 2.45) is 0 Å². The summed E-state index contributed by atoms with van der Waals surface area (Å²) in [5.41, 5.74) is 1.51. The normalized spacial score (nSPS) is 15.7. The first-order valence-electron chi connectivity index (χ1n) is 7.06. The van der Waals surface area contributed by atoms with Crippen LogP contribution in [0, 0.1) is 12.7 Å². The minimum Gasteiger partial charge on any atom is -0.444 e. The molecule has 21 heavy (non-hydrogen) atoms. The van der Waals surface area contributed by atoms with E-state index in [-0.39, 0.29) is 11.9 Å². The molecule has 4 nitrogen and oxygen atoms in total. The highest BCUT2D eigenvalue weighted by Crippen LogP contribution is 2.24. The second kappa shape index (κ2) is 5.84. The molecular formula is C16H21FN2O2. The van der Waals surface area contributed by atoms with Crippen molar-refractivity contribution in [3.8, 4) is 0 Å². The molecule has 114 valence electrons. The zero-order valence-corrected chi connectivity index (χ0v) is 12.9. The van der Waals surface area contributed by atoms with Crippen molar-refractivity contribution >= 4 is 11.7 Å². The molecule has 0 saturated heterocycles. The molecule has 0 fully saturated rings. The third-order valence-corrected chi connectivity index (χ3v) is 3.14. The number of amides is 1. The molecule has 0 atom stereocenters. The number of aromatic nitrogens is 1. The molecule has 1 aliphatic heterocycles.